The smallest absolute Gasteiger partial charge is 0.308 e. The van der Waals surface area contributed by atoms with Gasteiger partial charge in [-0.3, -0.25) is 19.0 Å². The number of phenolic OH excluding ortho intramolecular Hbond substituents is 1. The van der Waals surface area contributed by atoms with Gasteiger partial charge in [0.05, 0.1) is 21.5 Å². The molecule has 2 aromatic carbocycles. The number of halogens is 3. The highest BCUT2D eigenvalue weighted by Gasteiger charge is 2.24. The molecule has 0 bridgehead atoms. The molecule has 0 radical (unpaired) electrons. The lowest BCUT2D eigenvalue weighted by molar-refractivity contribution is -0.141. The first-order valence-corrected chi connectivity index (χ1v) is 10.8. The summed E-state index contributed by atoms with van der Waals surface area (Å²) in [6.45, 7) is 3.04. The van der Waals surface area contributed by atoms with Crippen molar-refractivity contribution in [3.63, 3.8) is 0 Å². The van der Waals surface area contributed by atoms with Crippen LogP contribution in [0.2, 0.25) is 10.0 Å². The number of benzene rings is 2. The molecular weight excluding hydrogens is 474 g/mol. The number of hydrogen-bond donors (Lipinski definition) is 3. The van der Waals surface area contributed by atoms with Crippen LogP contribution < -0.4 is 5.32 Å². The first-order valence-electron chi connectivity index (χ1n) is 10.0. The number of carboxylic acids is 1. The van der Waals surface area contributed by atoms with Crippen molar-refractivity contribution >= 4 is 51.9 Å². The van der Waals surface area contributed by atoms with E-state index in [1.165, 1.54) is 35.8 Å². The molecule has 0 aliphatic rings. The molecule has 1 aromatic heterocycles. The standard InChI is InChI=1S/C23H21Cl2FN2O5/c1-11(23(32)33)10-27-19(30)8-4-14-12(2)28(17-6-7-18(29)21(26)20(14)17)22(31)13-3-5-15(24)16(25)9-13/h3,5-7,9,11,29H,4,8,10H2,1-2H3,(H,27,30)(H,32,33)/t11-/m0/s1. The normalized spacial score (nSPS) is 12.0. The third kappa shape index (κ3) is 4.96. The number of nitrogens with zero attached hydrogens (tertiary/aromatic N) is 1. The number of amides is 1. The van der Waals surface area contributed by atoms with E-state index in [1.54, 1.807) is 6.92 Å². The number of aromatic nitrogens is 1. The van der Waals surface area contributed by atoms with Gasteiger partial charge < -0.3 is 15.5 Å². The maximum Gasteiger partial charge on any atom is 0.308 e. The Balaban J connectivity index is 1.98. The summed E-state index contributed by atoms with van der Waals surface area (Å²) in [6, 6.07) is 6.96. The maximum absolute atomic E-state index is 14.9. The molecule has 3 N–H and O–H groups in total. The summed E-state index contributed by atoms with van der Waals surface area (Å²) in [5.74, 6) is -4.16. The van der Waals surface area contributed by atoms with E-state index in [9.17, 15) is 23.9 Å². The minimum Gasteiger partial charge on any atom is -0.505 e. The largest absolute Gasteiger partial charge is 0.505 e. The maximum atomic E-state index is 14.9. The van der Waals surface area contributed by atoms with Crippen LogP contribution in [-0.2, 0) is 16.0 Å². The predicted molar refractivity (Wildman–Crippen MR) is 123 cm³/mol. The van der Waals surface area contributed by atoms with Gasteiger partial charge in [0.25, 0.3) is 5.91 Å². The topological polar surface area (TPSA) is 109 Å². The SMILES string of the molecule is Cc1c(CCC(=O)NC[C@H](C)C(=O)O)c2c(F)c(O)ccc2n1C(=O)c1ccc(Cl)c(Cl)c1. The van der Waals surface area contributed by atoms with Gasteiger partial charge in [0.1, 0.15) is 0 Å². The van der Waals surface area contributed by atoms with Crippen LogP contribution in [-0.4, -0.2) is 39.1 Å². The summed E-state index contributed by atoms with van der Waals surface area (Å²) in [6.07, 6.45) is -0.00000149. The highest BCUT2D eigenvalue weighted by molar-refractivity contribution is 6.42. The van der Waals surface area contributed by atoms with E-state index >= 15 is 0 Å². The lowest BCUT2D eigenvalue weighted by Gasteiger charge is -2.09. The summed E-state index contributed by atoms with van der Waals surface area (Å²) in [5, 5.41) is 21.9. The van der Waals surface area contributed by atoms with Gasteiger partial charge in [-0.15, -0.1) is 0 Å². The molecule has 1 heterocycles. The lowest BCUT2D eigenvalue weighted by atomic mass is 10.0. The van der Waals surface area contributed by atoms with E-state index in [0.29, 0.717) is 11.3 Å². The van der Waals surface area contributed by atoms with E-state index < -0.39 is 35.3 Å². The number of aryl methyl sites for hydroxylation is 1. The lowest BCUT2D eigenvalue weighted by Crippen LogP contribution is -2.31. The Labute approximate surface area is 198 Å². The molecule has 10 heteroatoms. The molecule has 0 aliphatic carbocycles. The summed E-state index contributed by atoms with van der Waals surface area (Å²) >= 11 is 12.0. The van der Waals surface area contributed by atoms with Crippen LogP contribution in [0.15, 0.2) is 30.3 Å². The Morgan fingerprint density at radius 2 is 1.85 bits per heavy atom. The van der Waals surface area contributed by atoms with Crippen LogP contribution in [0.3, 0.4) is 0 Å². The number of rotatable bonds is 7. The van der Waals surface area contributed by atoms with E-state index in [-0.39, 0.29) is 45.9 Å². The van der Waals surface area contributed by atoms with Gasteiger partial charge in [-0.05, 0) is 49.2 Å². The van der Waals surface area contributed by atoms with Crippen LogP contribution in [0.4, 0.5) is 4.39 Å². The van der Waals surface area contributed by atoms with E-state index in [1.807, 2.05) is 0 Å². The van der Waals surface area contributed by atoms with Crippen molar-refractivity contribution in [3.05, 3.63) is 63.0 Å². The molecule has 0 aliphatic heterocycles. The van der Waals surface area contributed by atoms with E-state index in [4.69, 9.17) is 28.3 Å². The van der Waals surface area contributed by atoms with Gasteiger partial charge in [0.2, 0.25) is 5.91 Å². The average molecular weight is 495 g/mol. The Morgan fingerprint density at radius 3 is 2.48 bits per heavy atom. The molecule has 3 rings (SSSR count). The Morgan fingerprint density at radius 1 is 1.15 bits per heavy atom. The molecular formula is C23H21Cl2FN2O5. The van der Waals surface area contributed by atoms with Crippen LogP contribution in [0.5, 0.6) is 5.75 Å². The zero-order chi connectivity index (χ0) is 24.4. The summed E-state index contributed by atoms with van der Waals surface area (Å²) in [5.41, 5.74) is 1.24. The fraction of sp³-hybridized carbons (Fsp3) is 0.261. The quantitative estimate of drug-likeness (QED) is 0.446. The molecule has 1 atom stereocenters. The zero-order valence-corrected chi connectivity index (χ0v) is 19.3. The summed E-state index contributed by atoms with van der Waals surface area (Å²) in [4.78, 5) is 36.4. The number of phenols is 1. The number of hydrogen-bond acceptors (Lipinski definition) is 4. The van der Waals surface area contributed by atoms with E-state index in [2.05, 4.69) is 5.32 Å². The van der Waals surface area contributed by atoms with Crippen molar-refractivity contribution in [1.82, 2.24) is 9.88 Å². The van der Waals surface area contributed by atoms with Crippen molar-refractivity contribution in [1.29, 1.82) is 0 Å². The highest BCUT2D eigenvalue weighted by atomic mass is 35.5. The first-order chi connectivity index (χ1) is 15.5. The molecule has 0 fully saturated rings. The van der Waals surface area contributed by atoms with Crippen LogP contribution in [0.1, 0.15) is 35.0 Å². The minimum absolute atomic E-state index is 0.0348. The molecule has 0 spiro atoms. The number of carbonyl (C=O) groups is 3. The molecule has 33 heavy (non-hydrogen) atoms. The van der Waals surface area contributed by atoms with Crippen molar-refractivity contribution in [2.24, 2.45) is 5.92 Å². The molecule has 3 aromatic rings. The Kier molecular flexibility index (Phi) is 7.29. The van der Waals surface area contributed by atoms with Gasteiger partial charge in [-0.2, -0.15) is 0 Å². The zero-order valence-electron chi connectivity index (χ0n) is 17.8. The third-order valence-electron chi connectivity index (χ3n) is 5.41. The van der Waals surface area contributed by atoms with Crippen LogP contribution >= 0.6 is 23.2 Å². The Hall–Kier alpha value is -3.10. The van der Waals surface area contributed by atoms with Crippen LogP contribution in [0, 0.1) is 18.7 Å². The molecule has 0 unspecified atom stereocenters. The molecule has 0 saturated carbocycles. The average Bonchev–Trinajstić information content (AvgIpc) is 3.06. The third-order valence-corrected chi connectivity index (χ3v) is 6.15. The van der Waals surface area contributed by atoms with Crippen molar-refractivity contribution < 1.29 is 29.0 Å². The molecule has 1 amide bonds. The molecule has 7 nitrogen and oxygen atoms in total. The Bertz CT molecular complexity index is 1270. The number of nitrogens with one attached hydrogen (secondary N) is 1. The second-order valence-electron chi connectivity index (χ2n) is 7.67. The first kappa shape index (κ1) is 24.5. The van der Waals surface area contributed by atoms with E-state index in [0.717, 1.165) is 6.07 Å². The van der Waals surface area contributed by atoms with Gasteiger partial charge in [-0.25, -0.2) is 4.39 Å². The monoisotopic (exact) mass is 494 g/mol. The fourth-order valence-corrected chi connectivity index (χ4v) is 3.83. The number of aromatic hydroxyl groups is 1. The molecule has 0 saturated heterocycles. The number of carboxylic acid groups (broad SMARTS) is 1. The van der Waals surface area contributed by atoms with Gasteiger partial charge in [0, 0.05) is 29.6 Å². The second kappa shape index (κ2) is 9.80. The molecule has 174 valence electrons. The van der Waals surface area contributed by atoms with Gasteiger partial charge >= 0.3 is 5.97 Å². The predicted octanol–water partition coefficient (Wildman–Crippen LogP) is 4.56. The second-order valence-corrected chi connectivity index (χ2v) is 8.48. The van der Waals surface area contributed by atoms with Crippen molar-refractivity contribution in [2.75, 3.05) is 6.54 Å². The highest BCUT2D eigenvalue weighted by Crippen LogP contribution is 2.34. The van der Waals surface area contributed by atoms with Crippen LogP contribution in [0.25, 0.3) is 10.9 Å². The number of carbonyl (C=O) groups excluding carboxylic acids is 2. The number of fused-ring (bicyclic) bond motifs is 1. The van der Waals surface area contributed by atoms with Crippen molar-refractivity contribution in [3.8, 4) is 5.75 Å². The fourth-order valence-electron chi connectivity index (χ4n) is 3.53. The number of aliphatic carboxylic acids is 1. The minimum atomic E-state index is -1.03. The summed E-state index contributed by atoms with van der Waals surface area (Å²) < 4.78 is 16.2. The van der Waals surface area contributed by atoms with Gasteiger partial charge in [0.15, 0.2) is 11.6 Å². The van der Waals surface area contributed by atoms with Gasteiger partial charge in [-0.1, -0.05) is 30.1 Å². The van der Waals surface area contributed by atoms with Crippen molar-refractivity contribution in [2.45, 2.75) is 26.7 Å². The summed E-state index contributed by atoms with van der Waals surface area (Å²) in [7, 11) is 0.